The Balaban J connectivity index is 0.00000363. The number of hydrogen-bond acceptors (Lipinski definition) is 7. The highest BCUT2D eigenvalue weighted by molar-refractivity contribution is 5.99. The number of carbonyl (C=O) groups is 2. The van der Waals surface area contributed by atoms with E-state index in [0.717, 1.165) is 18.4 Å². The van der Waals surface area contributed by atoms with Gasteiger partial charge in [0.1, 0.15) is 12.6 Å². The molecular weight excluding hydrogens is 434 g/mol. The average molecular weight is 464 g/mol. The van der Waals surface area contributed by atoms with Gasteiger partial charge in [0.15, 0.2) is 17.3 Å². The number of methoxy groups -OCH3 is 3. The van der Waals surface area contributed by atoms with Gasteiger partial charge in [0.25, 0.3) is 0 Å². The number of nitrogens with zero attached hydrogens (tertiary/aromatic N) is 1. The number of likely N-dealkylation sites (tertiary alicyclic amines) is 1. The zero-order chi connectivity index (χ0) is 22.2. The minimum atomic E-state index is -0.427. The van der Waals surface area contributed by atoms with Crippen LogP contribution in [-0.2, 0) is 16.1 Å². The molecule has 2 aromatic carbocycles. The lowest BCUT2D eigenvalue weighted by atomic mass is 10.0. The first-order valence-electron chi connectivity index (χ1n) is 10.3. The van der Waals surface area contributed by atoms with Gasteiger partial charge in [0.2, 0.25) is 5.75 Å². The van der Waals surface area contributed by atoms with Crippen LogP contribution in [0.3, 0.4) is 0 Å². The smallest absolute Gasteiger partial charge is 0.323 e. The number of hydrogen-bond donors (Lipinski definition) is 0. The van der Waals surface area contributed by atoms with Crippen molar-refractivity contribution in [3.63, 3.8) is 0 Å². The second-order valence-electron chi connectivity index (χ2n) is 7.41. The molecule has 1 fully saturated rings. The molecule has 0 bridgehead atoms. The summed E-state index contributed by atoms with van der Waals surface area (Å²) in [4.78, 5) is 27.7. The maximum absolute atomic E-state index is 13.1. The largest absolute Gasteiger partial charge is 0.493 e. The fraction of sp³-hybridized carbons (Fsp3) is 0.417. The van der Waals surface area contributed by atoms with Crippen LogP contribution >= 0.6 is 12.4 Å². The molecule has 0 saturated carbocycles. The van der Waals surface area contributed by atoms with Crippen molar-refractivity contribution < 1.29 is 28.5 Å². The predicted molar refractivity (Wildman–Crippen MR) is 123 cm³/mol. The summed E-state index contributed by atoms with van der Waals surface area (Å²) in [6, 6.07) is 12.4. The normalized spacial score (nSPS) is 15.9. The summed E-state index contributed by atoms with van der Waals surface area (Å²) < 4.78 is 21.6. The van der Waals surface area contributed by atoms with Crippen molar-refractivity contribution in [2.75, 3.05) is 34.4 Å². The van der Waals surface area contributed by atoms with E-state index in [1.165, 1.54) is 21.3 Å². The molecule has 1 aliphatic heterocycles. The number of ketones is 1. The molecule has 8 heteroatoms. The van der Waals surface area contributed by atoms with Crippen LogP contribution in [0.2, 0.25) is 0 Å². The van der Waals surface area contributed by atoms with Crippen LogP contribution in [0.4, 0.5) is 0 Å². The van der Waals surface area contributed by atoms with E-state index in [2.05, 4.69) is 0 Å². The molecule has 2 aromatic rings. The predicted octanol–water partition coefficient (Wildman–Crippen LogP) is 3.91. The van der Waals surface area contributed by atoms with Crippen molar-refractivity contribution in [2.24, 2.45) is 0 Å². The van der Waals surface area contributed by atoms with Crippen molar-refractivity contribution in [1.29, 1.82) is 0 Å². The van der Waals surface area contributed by atoms with Crippen LogP contribution in [0, 0.1) is 0 Å². The highest BCUT2D eigenvalue weighted by atomic mass is 35.5. The number of carbonyl (C=O) groups excluding carboxylic acids is 2. The van der Waals surface area contributed by atoms with E-state index in [0.29, 0.717) is 35.8 Å². The summed E-state index contributed by atoms with van der Waals surface area (Å²) in [5.74, 6) is 0.857. The van der Waals surface area contributed by atoms with Crippen molar-refractivity contribution in [1.82, 2.24) is 4.90 Å². The van der Waals surface area contributed by atoms with Gasteiger partial charge in [-0.25, -0.2) is 0 Å². The van der Waals surface area contributed by atoms with Crippen molar-refractivity contribution in [2.45, 2.75) is 31.9 Å². The molecule has 174 valence electrons. The third-order valence-corrected chi connectivity index (χ3v) is 5.44. The van der Waals surface area contributed by atoms with E-state index in [-0.39, 0.29) is 37.3 Å². The Labute approximate surface area is 195 Å². The summed E-state index contributed by atoms with van der Waals surface area (Å²) >= 11 is 0. The summed E-state index contributed by atoms with van der Waals surface area (Å²) in [7, 11) is 4.53. The highest BCUT2D eigenvalue weighted by Crippen LogP contribution is 2.38. The molecule has 0 radical (unpaired) electrons. The van der Waals surface area contributed by atoms with E-state index in [1.54, 1.807) is 12.1 Å². The molecule has 1 aliphatic rings. The molecule has 0 N–H and O–H groups in total. The van der Waals surface area contributed by atoms with Gasteiger partial charge < -0.3 is 18.9 Å². The number of halogens is 1. The van der Waals surface area contributed by atoms with E-state index >= 15 is 0 Å². The first-order chi connectivity index (χ1) is 15.1. The van der Waals surface area contributed by atoms with Crippen LogP contribution in [0.15, 0.2) is 42.5 Å². The van der Waals surface area contributed by atoms with Crippen LogP contribution in [0.25, 0.3) is 0 Å². The first-order valence-corrected chi connectivity index (χ1v) is 10.3. The zero-order valence-electron chi connectivity index (χ0n) is 18.7. The molecule has 32 heavy (non-hydrogen) atoms. The van der Waals surface area contributed by atoms with Gasteiger partial charge in [-0.2, -0.15) is 0 Å². The van der Waals surface area contributed by atoms with Crippen LogP contribution in [0.5, 0.6) is 17.2 Å². The van der Waals surface area contributed by atoms with Crippen molar-refractivity contribution in [3.8, 4) is 17.2 Å². The molecule has 7 nitrogen and oxygen atoms in total. The number of benzene rings is 2. The van der Waals surface area contributed by atoms with Gasteiger partial charge >= 0.3 is 5.97 Å². The van der Waals surface area contributed by atoms with Gasteiger partial charge in [-0.3, -0.25) is 14.5 Å². The Morgan fingerprint density at radius 3 is 2.22 bits per heavy atom. The van der Waals surface area contributed by atoms with Crippen molar-refractivity contribution in [3.05, 3.63) is 53.6 Å². The third-order valence-electron chi connectivity index (χ3n) is 5.44. The topological polar surface area (TPSA) is 74.3 Å². The van der Waals surface area contributed by atoms with Crippen molar-refractivity contribution >= 4 is 24.2 Å². The Bertz CT molecular complexity index is 880. The molecule has 0 amide bonds. The van der Waals surface area contributed by atoms with Gasteiger partial charge in [0, 0.05) is 5.56 Å². The number of ether oxygens (including phenoxy) is 4. The molecule has 0 aromatic heterocycles. The maximum atomic E-state index is 13.1. The minimum absolute atomic E-state index is 0. The molecule has 1 atom stereocenters. The second kappa shape index (κ2) is 12.3. The van der Waals surface area contributed by atoms with E-state index < -0.39 is 6.04 Å². The van der Waals surface area contributed by atoms with Gasteiger partial charge in [-0.05, 0) is 37.1 Å². The quantitative estimate of drug-likeness (QED) is 0.412. The standard InChI is InChI=1S/C24H29NO6.ClH/c1-28-21-13-18(14-22(29-2)23(21)30-3)20(26)15-25-12-8-7-11-19(25)24(27)31-16-17-9-5-4-6-10-17;/h4-6,9-10,13-14,19H,7-8,11-12,15-16H2,1-3H3;1H/t19-;/m0./s1. The fourth-order valence-corrected chi connectivity index (χ4v) is 3.79. The van der Waals surface area contributed by atoms with Gasteiger partial charge in [-0.1, -0.05) is 36.8 Å². The number of piperidine rings is 1. The number of esters is 1. The number of rotatable bonds is 9. The molecule has 0 unspecified atom stereocenters. The van der Waals surface area contributed by atoms with Crippen LogP contribution in [-0.4, -0.2) is 57.1 Å². The monoisotopic (exact) mass is 463 g/mol. The van der Waals surface area contributed by atoms with Crippen LogP contribution < -0.4 is 14.2 Å². The Kier molecular flexibility index (Phi) is 9.81. The molecule has 0 aliphatic carbocycles. The first kappa shape index (κ1) is 25.5. The van der Waals surface area contributed by atoms with E-state index in [1.807, 2.05) is 35.2 Å². The van der Waals surface area contributed by atoms with Gasteiger partial charge in [0.05, 0.1) is 27.9 Å². The Morgan fingerprint density at radius 2 is 1.62 bits per heavy atom. The summed E-state index contributed by atoms with van der Waals surface area (Å²) in [6.45, 7) is 1.01. The minimum Gasteiger partial charge on any atom is -0.493 e. The van der Waals surface area contributed by atoms with E-state index in [9.17, 15) is 9.59 Å². The second-order valence-corrected chi connectivity index (χ2v) is 7.41. The highest BCUT2D eigenvalue weighted by Gasteiger charge is 2.32. The summed E-state index contributed by atoms with van der Waals surface area (Å²) in [5.41, 5.74) is 1.38. The Hall–Kier alpha value is -2.77. The summed E-state index contributed by atoms with van der Waals surface area (Å²) in [6.07, 6.45) is 2.54. The number of Topliss-reactive ketones (excluding diaryl/α,β-unsaturated/α-hetero) is 1. The Morgan fingerprint density at radius 1 is 0.969 bits per heavy atom. The average Bonchev–Trinajstić information content (AvgIpc) is 2.82. The molecular formula is C24H30ClNO6. The molecule has 1 heterocycles. The molecule has 0 spiro atoms. The maximum Gasteiger partial charge on any atom is 0.323 e. The fourth-order valence-electron chi connectivity index (χ4n) is 3.79. The third kappa shape index (κ3) is 6.14. The van der Waals surface area contributed by atoms with E-state index in [4.69, 9.17) is 18.9 Å². The molecule has 1 saturated heterocycles. The van der Waals surface area contributed by atoms with Gasteiger partial charge in [-0.15, -0.1) is 12.4 Å². The zero-order valence-corrected chi connectivity index (χ0v) is 19.5. The summed E-state index contributed by atoms with van der Waals surface area (Å²) in [5, 5.41) is 0. The van der Waals surface area contributed by atoms with Crippen LogP contribution in [0.1, 0.15) is 35.2 Å². The SMILES string of the molecule is COc1cc(C(=O)CN2CCCC[C@H]2C(=O)OCc2ccccc2)cc(OC)c1OC.Cl. The molecule has 3 rings (SSSR count). The lowest BCUT2D eigenvalue weighted by molar-refractivity contribution is -0.152. The lowest BCUT2D eigenvalue weighted by Gasteiger charge is -2.33. The lowest BCUT2D eigenvalue weighted by Crippen LogP contribution is -2.47.